The third-order valence-corrected chi connectivity index (χ3v) is 12.1. The van der Waals surface area contributed by atoms with Crippen molar-refractivity contribution in [1.82, 2.24) is 0 Å². The minimum Gasteiger partial charge on any atom is -0.463 e. The summed E-state index contributed by atoms with van der Waals surface area (Å²) in [6.07, 6.45) is 7.82. The van der Waals surface area contributed by atoms with Crippen molar-refractivity contribution in [3.05, 3.63) is 0 Å². The molecule has 4 aliphatic carbocycles. The molecule has 234 valence electrons. The zero-order valence-corrected chi connectivity index (χ0v) is 26.7. The SMILES string of the molecule is CC(=O)O[C@@H]1CC[C@@]2(C)[C@@H](C1)C[C@@H](OC(C)=O)[C@@H]1[C@@H]2C[C@H](OC(C)=O)[C@]2(C)[C@@H]([C@H](C)CCCOS(C)(=O)=O)CC[C@@H]12. The molecule has 0 aromatic heterocycles. The van der Waals surface area contributed by atoms with E-state index in [4.69, 9.17) is 18.4 Å². The van der Waals surface area contributed by atoms with Gasteiger partial charge in [-0.2, -0.15) is 8.42 Å². The maximum absolute atomic E-state index is 12.5. The normalized spacial score (nSPS) is 40.9. The van der Waals surface area contributed by atoms with E-state index in [1.807, 2.05) is 0 Å². The number of carbonyl (C=O) groups excluding carboxylic acids is 3. The van der Waals surface area contributed by atoms with Crippen molar-refractivity contribution in [3.63, 3.8) is 0 Å². The van der Waals surface area contributed by atoms with Crippen LogP contribution in [0.5, 0.6) is 0 Å². The van der Waals surface area contributed by atoms with E-state index in [-0.39, 0.29) is 89.2 Å². The zero-order valence-electron chi connectivity index (χ0n) is 25.8. The third kappa shape index (κ3) is 6.63. The molecular formula is C31H50O9S. The molecular weight excluding hydrogens is 548 g/mol. The summed E-state index contributed by atoms with van der Waals surface area (Å²) < 4.78 is 45.8. The van der Waals surface area contributed by atoms with Crippen molar-refractivity contribution in [1.29, 1.82) is 0 Å². The smallest absolute Gasteiger partial charge is 0.302 e. The van der Waals surface area contributed by atoms with Crippen LogP contribution in [0.15, 0.2) is 0 Å². The Labute approximate surface area is 245 Å². The van der Waals surface area contributed by atoms with Gasteiger partial charge in [-0.15, -0.1) is 0 Å². The summed E-state index contributed by atoms with van der Waals surface area (Å²) in [5.41, 5.74) is -0.329. The molecule has 10 heteroatoms. The van der Waals surface area contributed by atoms with Crippen LogP contribution >= 0.6 is 0 Å². The van der Waals surface area contributed by atoms with Crippen molar-refractivity contribution in [2.24, 2.45) is 46.3 Å². The van der Waals surface area contributed by atoms with Gasteiger partial charge in [0, 0.05) is 32.1 Å². The molecule has 0 heterocycles. The number of rotatable bonds is 9. The fourth-order valence-corrected chi connectivity index (χ4v) is 10.4. The molecule has 0 aromatic rings. The number of fused-ring (bicyclic) bond motifs is 5. The Morgan fingerprint density at radius 3 is 2.15 bits per heavy atom. The lowest BCUT2D eigenvalue weighted by Gasteiger charge is -2.64. The molecule has 0 radical (unpaired) electrons. The van der Waals surface area contributed by atoms with E-state index in [1.165, 1.54) is 20.8 Å². The summed E-state index contributed by atoms with van der Waals surface area (Å²) in [6.45, 7) is 11.4. The van der Waals surface area contributed by atoms with Crippen LogP contribution in [0, 0.1) is 46.3 Å². The Morgan fingerprint density at radius 2 is 1.54 bits per heavy atom. The summed E-state index contributed by atoms with van der Waals surface area (Å²) >= 11 is 0. The van der Waals surface area contributed by atoms with Crippen LogP contribution in [0.4, 0.5) is 0 Å². The summed E-state index contributed by atoms with van der Waals surface area (Å²) in [5, 5.41) is 0. The van der Waals surface area contributed by atoms with E-state index >= 15 is 0 Å². The van der Waals surface area contributed by atoms with Crippen molar-refractivity contribution < 1.29 is 41.2 Å². The van der Waals surface area contributed by atoms with Gasteiger partial charge in [-0.3, -0.25) is 18.6 Å². The fraction of sp³-hybridized carbons (Fsp3) is 0.903. The lowest BCUT2D eigenvalue weighted by molar-refractivity contribution is -0.224. The first-order chi connectivity index (χ1) is 19.1. The predicted octanol–water partition coefficient (Wildman–Crippen LogP) is 5.05. The predicted molar refractivity (Wildman–Crippen MR) is 152 cm³/mol. The highest BCUT2D eigenvalue weighted by atomic mass is 32.2. The summed E-state index contributed by atoms with van der Waals surface area (Å²) in [6, 6.07) is 0. The number of carbonyl (C=O) groups is 3. The summed E-state index contributed by atoms with van der Waals surface area (Å²) in [5.74, 6) is 0.569. The monoisotopic (exact) mass is 598 g/mol. The molecule has 11 atom stereocenters. The zero-order chi connectivity index (χ0) is 30.3. The number of ether oxygens (including phenoxy) is 3. The largest absolute Gasteiger partial charge is 0.463 e. The van der Waals surface area contributed by atoms with Crippen molar-refractivity contribution in [2.45, 2.75) is 118 Å². The molecule has 4 aliphatic rings. The van der Waals surface area contributed by atoms with E-state index in [1.54, 1.807) is 0 Å². The van der Waals surface area contributed by atoms with Gasteiger partial charge in [0.05, 0.1) is 12.9 Å². The van der Waals surface area contributed by atoms with Gasteiger partial charge in [-0.25, -0.2) is 0 Å². The van der Waals surface area contributed by atoms with Crippen molar-refractivity contribution in [2.75, 3.05) is 12.9 Å². The van der Waals surface area contributed by atoms with Gasteiger partial charge in [0.15, 0.2) is 0 Å². The van der Waals surface area contributed by atoms with Gasteiger partial charge in [0.25, 0.3) is 10.1 Å². The molecule has 0 bridgehead atoms. The van der Waals surface area contributed by atoms with Gasteiger partial charge in [-0.05, 0) is 92.8 Å². The van der Waals surface area contributed by atoms with Crippen molar-refractivity contribution >= 4 is 28.0 Å². The molecule has 0 unspecified atom stereocenters. The Hall–Kier alpha value is -1.68. The minimum absolute atomic E-state index is 0.0373. The van der Waals surface area contributed by atoms with Crippen LogP contribution in [0.25, 0.3) is 0 Å². The summed E-state index contributed by atoms with van der Waals surface area (Å²) in [7, 11) is -3.47. The quantitative estimate of drug-likeness (QED) is 0.155. The Bertz CT molecular complexity index is 1100. The van der Waals surface area contributed by atoms with Gasteiger partial charge in [-0.1, -0.05) is 20.8 Å². The Balaban J connectivity index is 1.64. The topological polar surface area (TPSA) is 122 Å². The number of esters is 3. The second kappa shape index (κ2) is 12.1. The van der Waals surface area contributed by atoms with E-state index < -0.39 is 10.1 Å². The number of hydrogen-bond donors (Lipinski definition) is 0. The molecule has 9 nitrogen and oxygen atoms in total. The first kappa shape index (κ1) is 32.2. The molecule has 0 amide bonds. The van der Waals surface area contributed by atoms with Crippen LogP contribution in [0.3, 0.4) is 0 Å². The third-order valence-electron chi connectivity index (χ3n) is 11.5. The first-order valence-electron chi connectivity index (χ1n) is 15.4. The molecule has 0 spiro atoms. The second-order valence-electron chi connectivity index (χ2n) is 13.9. The van der Waals surface area contributed by atoms with Crippen LogP contribution in [0.1, 0.15) is 99.3 Å². The average Bonchev–Trinajstić information content (AvgIpc) is 3.19. The molecule has 0 aliphatic heterocycles. The Morgan fingerprint density at radius 1 is 0.878 bits per heavy atom. The van der Waals surface area contributed by atoms with Crippen molar-refractivity contribution in [3.8, 4) is 0 Å². The van der Waals surface area contributed by atoms with Gasteiger partial charge in [0.1, 0.15) is 18.3 Å². The lowest BCUT2D eigenvalue weighted by Crippen LogP contribution is -2.63. The van der Waals surface area contributed by atoms with Crippen LogP contribution in [-0.4, -0.2) is 57.5 Å². The highest BCUT2D eigenvalue weighted by molar-refractivity contribution is 7.85. The maximum atomic E-state index is 12.5. The second-order valence-corrected chi connectivity index (χ2v) is 15.6. The molecule has 4 fully saturated rings. The average molecular weight is 599 g/mol. The Kier molecular flexibility index (Phi) is 9.54. The fourth-order valence-electron chi connectivity index (χ4n) is 9.93. The number of hydrogen-bond acceptors (Lipinski definition) is 9. The molecule has 0 N–H and O–H groups in total. The van der Waals surface area contributed by atoms with Gasteiger partial charge >= 0.3 is 17.9 Å². The molecule has 4 rings (SSSR count). The van der Waals surface area contributed by atoms with Crippen LogP contribution < -0.4 is 0 Å². The lowest BCUT2D eigenvalue weighted by atomic mass is 9.43. The van der Waals surface area contributed by atoms with E-state index in [2.05, 4.69) is 20.8 Å². The highest BCUT2D eigenvalue weighted by Gasteiger charge is 2.67. The van der Waals surface area contributed by atoms with Crippen LogP contribution in [0.2, 0.25) is 0 Å². The molecule has 41 heavy (non-hydrogen) atoms. The van der Waals surface area contributed by atoms with E-state index in [9.17, 15) is 22.8 Å². The first-order valence-corrected chi connectivity index (χ1v) is 17.2. The molecule has 0 saturated heterocycles. The molecule has 0 aromatic carbocycles. The summed E-state index contributed by atoms with van der Waals surface area (Å²) in [4.78, 5) is 36.6. The van der Waals surface area contributed by atoms with E-state index in [0.717, 1.165) is 57.6 Å². The minimum atomic E-state index is -3.47. The molecule has 4 saturated carbocycles. The highest BCUT2D eigenvalue weighted by Crippen LogP contribution is 2.69. The van der Waals surface area contributed by atoms with Crippen LogP contribution in [-0.2, 0) is 42.9 Å². The van der Waals surface area contributed by atoms with Gasteiger partial charge in [0.2, 0.25) is 0 Å². The maximum Gasteiger partial charge on any atom is 0.302 e. The standard InChI is InChI=1S/C31H50O9S/c1-18(9-8-14-37-41(7,35)36)24-10-11-25-29-26(17-28(31(24,25)6)40-21(4)34)30(5)13-12-23(38-19(2)32)15-22(30)16-27(29)39-20(3)33/h18,22-29H,8-17H2,1-7H3/t18-,22+,23-,24-,25+,26+,27-,28+,29+,30+,31-/m1/s1. The van der Waals surface area contributed by atoms with Gasteiger partial charge < -0.3 is 14.2 Å². The van der Waals surface area contributed by atoms with E-state index in [0.29, 0.717) is 6.42 Å².